The minimum absolute atomic E-state index is 0.156. The normalized spacial score (nSPS) is 19.7. The van der Waals surface area contributed by atoms with Gasteiger partial charge in [-0.3, -0.25) is 0 Å². The molecule has 1 aliphatic rings. The van der Waals surface area contributed by atoms with Gasteiger partial charge < -0.3 is 10.4 Å². The van der Waals surface area contributed by atoms with Crippen LogP contribution in [0.25, 0.3) is 0 Å². The molecule has 106 valence electrons. The maximum atomic E-state index is 13.1. The van der Waals surface area contributed by atoms with E-state index in [1.807, 2.05) is 6.07 Å². The lowest BCUT2D eigenvalue weighted by Gasteiger charge is -2.23. The Morgan fingerprint density at radius 1 is 1.37 bits per heavy atom. The number of hydrogen-bond donors (Lipinski definition) is 2. The van der Waals surface area contributed by atoms with Crippen molar-refractivity contribution in [3.8, 4) is 0 Å². The molecular weight excluding hydrogens is 241 g/mol. The Morgan fingerprint density at radius 2 is 2.11 bits per heavy atom. The molecule has 0 spiro atoms. The van der Waals surface area contributed by atoms with Gasteiger partial charge in [0.05, 0.1) is 6.10 Å². The standard InChI is InChI=1S/C16H24FNO/c1-3-11(4-2)16(19)10-18-15-8-5-12-9-13(17)6-7-14(12)15/h6-7,9,11,15-16,18-19H,3-5,8,10H2,1-2H3. The highest BCUT2D eigenvalue weighted by Crippen LogP contribution is 2.31. The zero-order valence-electron chi connectivity index (χ0n) is 11.8. The number of hydrogen-bond acceptors (Lipinski definition) is 2. The van der Waals surface area contributed by atoms with E-state index >= 15 is 0 Å². The monoisotopic (exact) mass is 265 g/mol. The summed E-state index contributed by atoms with van der Waals surface area (Å²) in [6.07, 6.45) is 3.64. The van der Waals surface area contributed by atoms with Crippen LogP contribution in [0, 0.1) is 11.7 Å². The third-order valence-electron chi connectivity index (χ3n) is 4.35. The maximum absolute atomic E-state index is 13.1. The largest absolute Gasteiger partial charge is 0.392 e. The van der Waals surface area contributed by atoms with Crippen LogP contribution < -0.4 is 5.32 Å². The van der Waals surface area contributed by atoms with E-state index in [4.69, 9.17) is 0 Å². The molecule has 0 saturated carbocycles. The third-order valence-corrected chi connectivity index (χ3v) is 4.35. The summed E-state index contributed by atoms with van der Waals surface area (Å²) in [7, 11) is 0. The molecule has 19 heavy (non-hydrogen) atoms. The highest BCUT2D eigenvalue weighted by atomic mass is 19.1. The number of fused-ring (bicyclic) bond motifs is 1. The van der Waals surface area contributed by atoms with Crippen molar-refractivity contribution in [2.45, 2.75) is 51.7 Å². The SMILES string of the molecule is CCC(CC)C(O)CNC1CCc2cc(F)ccc21. The Bertz CT molecular complexity index is 417. The number of aryl methyl sites for hydroxylation is 1. The van der Waals surface area contributed by atoms with Gasteiger partial charge in [-0.15, -0.1) is 0 Å². The molecule has 2 atom stereocenters. The molecule has 0 radical (unpaired) electrons. The molecule has 3 heteroatoms. The predicted octanol–water partition coefficient (Wildman–Crippen LogP) is 3.20. The Labute approximate surface area is 115 Å². The van der Waals surface area contributed by atoms with Gasteiger partial charge in [0.1, 0.15) is 5.82 Å². The second-order valence-corrected chi connectivity index (χ2v) is 5.49. The number of rotatable bonds is 6. The van der Waals surface area contributed by atoms with Gasteiger partial charge in [0.2, 0.25) is 0 Å². The number of aliphatic hydroxyl groups excluding tert-OH is 1. The van der Waals surface area contributed by atoms with Gasteiger partial charge in [-0.25, -0.2) is 4.39 Å². The van der Waals surface area contributed by atoms with Gasteiger partial charge in [-0.05, 0) is 42.0 Å². The van der Waals surface area contributed by atoms with Crippen molar-refractivity contribution in [3.05, 3.63) is 35.1 Å². The summed E-state index contributed by atoms with van der Waals surface area (Å²) in [5.41, 5.74) is 2.30. The molecular formula is C16H24FNO. The van der Waals surface area contributed by atoms with Crippen molar-refractivity contribution in [1.82, 2.24) is 5.32 Å². The first-order valence-corrected chi connectivity index (χ1v) is 7.35. The van der Waals surface area contributed by atoms with Crippen LogP contribution in [-0.2, 0) is 6.42 Å². The summed E-state index contributed by atoms with van der Waals surface area (Å²) in [4.78, 5) is 0. The third kappa shape index (κ3) is 3.34. The summed E-state index contributed by atoms with van der Waals surface area (Å²) >= 11 is 0. The fourth-order valence-corrected chi connectivity index (χ4v) is 3.06. The summed E-state index contributed by atoms with van der Waals surface area (Å²) in [5, 5.41) is 13.6. The van der Waals surface area contributed by atoms with Crippen molar-refractivity contribution < 1.29 is 9.50 Å². The van der Waals surface area contributed by atoms with Crippen molar-refractivity contribution in [3.63, 3.8) is 0 Å². The summed E-state index contributed by atoms with van der Waals surface area (Å²) < 4.78 is 13.1. The van der Waals surface area contributed by atoms with E-state index in [2.05, 4.69) is 19.2 Å². The van der Waals surface area contributed by atoms with Crippen LogP contribution in [-0.4, -0.2) is 17.8 Å². The van der Waals surface area contributed by atoms with Gasteiger partial charge in [-0.2, -0.15) is 0 Å². The lowest BCUT2D eigenvalue weighted by atomic mass is 9.96. The van der Waals surface area contributed by atoms with E-state index in [9.17, 15) is 9.50 Å². The van der Waals surface area contributed by atoms with Crippen LogP contribution in [0.5, 0.6) is 0 Å². The van der Waals surface area contributed by atoms with E-state index in [0.29, 0.717) is 12.5 Å². The van der Waals surface area contributed by atoms with Gasteiger partial charge in [0.25, 0.3) is 0 Å². The number of aliphatic hydroxyl groups is 1. The number of halogens is 1. The molecule has 0 amide bonds. The van der Waals surface area contributed by atoms with Crippen molar-refractivity contribution in [2.24, 2.45) is 5.92 Å². The Morgan fingerprint density at radius 3 is 2.79 bits per heavy atom. The topological polar surface area (TPSA) is 32.3 Å². The molecule has 1 aliphatic carbocycles. The fourth-order valence-electron chi connectivity index (χ4n) is 3.06. The fraction of sp³-hybridized carbons (Fsp3) is 0.625. The van der Waals surface area contributed by atoms with Gasteiger partial charge in [0.15, 0.2) is 0 Å². The van der Waals surface area contributed by atoms with Crippen molar-refractivity contribution >= 4 is 0 Å². The van der Waals surface area contributed by atoms with E-state index in [1.165, 1.54) is 11.6 Å². The van der Waals surface area contributed by atoms with E-state index in [0.717, 1.165) is 31.2 Å². The van der Waals surface area contributed by atoms with Crippen molar-refractivity contribution in [1.29, 1.82) is 0 Å². The summed E-state index contributed by atoms with van der Waals surface area (Å²) in [6.45, 7) is 4.85. The van der Waals surface area contributed by atoms with E-state index in [1.54, 1.807) is 6.07 Å². The van der Waals surface area contributed by atoms with E-state index < -0.39 is 0 Å². The molecule has 0 bridgehead atoms. The molecule has 0 saturated heterocycles. The molecule has 2 nitrogen and oxygen atoms in total. The molecule has 0 heterocycles. The average Bonchev–Trinajstić information content (AvgIpc) is 2.80. The van der Waals surface area contributed by atoms with Gasteiger partial charge in [-0.1, -0.05) is 32.8 Å². The molecule has 1 aromatic carbocycles. The number of nitrogens with one attached hydrogen (secondary N) is 1. The van der Waals surface area contributed by atoms with Gasteiger partial charge >= 0.3 is 0 Å². The van der Waals surface area contributed by atoms with Crippen LogP contribution in [0.15, 0.2) is 18.2 Å². The van der Waals surface area contributed by atoms with Crippen LogP contribution in [0.3, 0.4) is 0 Å². The lowest BCUT2D eigenvalue weighted by Crippen LogP contribution is -2.34. The first-order chi connectivity index (χ1) is 9.15. The highest BCUT2D eigenvalue weighted by molar-refractivity contribution is 5.34. The molecule has 2 unspecified atom stereocenters. The quantitative estimate of drug-likeness (QED) is 0.828. The number of benzene rings is 1. The molecule has 0 fully saturated rings. The zero-order valence-corrected chi connectivity index (χ0v) is 11.8. The van der Waals surface area contributed by atoms with E-state index in [-0.39, 0.29) is 18.0 Å². The minimum Gasteiger partial charge on any atom is -0.392 e. The molecule has 2 rings (SSSR count). The Kier molecular flexibility index (Phi) is 4.94. The first-order valence-electron chi connectivity index (χ1n) is 7.35. The summed E-state index contributed by atoms with van der Waals surface area (Å²) in [5.74, 6) is 0.207. The molecule has 2 N–H and O–H groups in total. The lowest BCUT2D eigenvalue weighted by molar-refractivity contribution is 0.0983. The van der Waals surface area contributed by atoms with Crippen LogP contribution in [0.2, 0.25) is 0 Å². The first kappa shape index (κ1) is 14.5. The summed E-state index contributed by atoms with van der Waals surface area (Å²) in [6, 6.07) is 5.29. The minimum atomic E-state index is -0.292. The molecule has 1 aromatic rings. The highest BCUT2D eigenvalue weighted by Gasteiger charge is 2.24. The second kappa shape index (κ2) is 6.49. The van der Waals surface area contributed by atoms with Crippen LogP contribution in [0.4, 0.5) is 4.39 Å². The molecule has 0 aromatic heterocycles. The Balaban J connectivity index is 1.92. The van der Waals surface area contributed by atoms with Gasteiger partial charge in [0, 0.05) is 12.6 Å². The van der Waals surface area contributed by atoms with Crippen LogP contribution in [0.1, 0.15) is 50.3 Å². The predicted molar refractivity (Wildman–Crippen MR) is 75.5 cm³/mol. The van der Waals surface area contributed by atoms with Crippen LogP contribution >= 0.6 is 0 Å². The van der Waals surface area contributed by atoms with Crippen molar-refractivity contribution in [2.75, 3.05) is 6.54 Å². The average molecular weight is 265 g/mol. The smallest absolute Gasteiger partial charge is 0.123 e. The maximum Gasteiger partial charge on any atom is 0.123 e. The second-order valence-electron chi connectivity index (χ2n) is 5.49. The Hall–Kier alpha value is -0.930. The molecule has 0 aliphatic heterocycles. The zero-order chi connectivity index (χ0) is 13.8.